The van der Waals surface area contributed by atoms with Gasteiger partial charge in [0, 0.05) is 12.5 Å². The first kappa shape index (κ1) is 26.6. The summed E-state index contributed by atoms with van der Waals surface area (Å²) >= 11 is 0. The molecule has 36 heavy (non-hydrogen) atoms. The second kappa shape index (κ2) is 12.1. The van der Waals surface area contributed by atoms with Crippen molar-refractivity contribution in [1.29, 1.82) is 0 Å². The van der Waals surface area contributed by atoms with E-state index in [1.807, 2.05) is 68.4 Å². The maximum absolute atomic E-state index is 12.7. The van der Waals surface area contributed by atoms with Crippen LogP contribution in [0.3, 0.4) is 0 Å². The normalized spacial score (nSPS) is 13.6. The van der Waals surface area contributed by atoms with Crippen LogP contribution < -0.4 is 5.32 Å². The first-order valence-electron chi connectivity index (χ1n) is 11.9. The van der Waals surface area contributed by atoms with Crippen molar-refractivity contribution in [1.82, 2.24) is 20.7 Å². The SMILES string of the molecule is CC(C)CC(=O)OC[C@](C)(C[C@@H](Cc1ccc(-c2ccccc2)cc1)NC(=O)c1cnn[nH]1)C(=O)O. The molecule has 0 aliphatic carbocycles. The number of amides is 1. The number of hydrogen-bond acceptors (Lipinski definition) is 6. The van der Waals surface area contributed by atoms with Crippen molar-refractivity contribution in [3.8, 4) is 11.1 Å². The molecule has 1 amide bonds. The Kier molecular flexibility index (Phi) is 8.94. The summed E-state index contributed by atoms with van der Waals surface area (Å²) in [7, 11) is 0. The van der Waals surface area contributed by atoms with Gasteiger partial charge in [-0.25, -0.2) is 0 Å². The van der Waals surface area contributed by atoms with Crippen LogP contribution in [-0.4, -0.2) is 51.0 Å². The third-order valence-corrected chi connectivity index (χ3v) is 5.88. The fraction of sp³-hybridized carbons (Fsp3) is 0.370. The van der Waals surface area contributed by atoms with E-state index in [-0.39, 0.29) is 31.1 Å². The fourth-order valence-corrected chi connectivity index (χ4v) is 3.88. The van der Waals surface area contributed by atoms with E-state index in [0.29, 0.717) is 6.42 Å². The molecule has 0 spiro atoms. The molecule has 0 radical (unpaired) electrons. The number of H-pyrrole nitrogens is 1. The predicted molar refractivity (Wildman–Crippen MR) is 134 cm³/mol. The number of carbonyl (C=O) groups is 3. The number of hydrogen-bond donors (Lipinski definition) is 3. The van der Waals surface area contributed by atoms with Gasteiger partial charge in [-0.1, -0.05) is 73.7 Å². The van der Waals surface area contributed by atoms with E-state index in [0.717, 1.165) is 16.7 Å². The molecule has 0 bridgehead atoms. The number of nitrogens with zero attached hydrogens (tertiary/aromatic N) is 2. The van der Waals surface area contributed by atoms with Crippen LogP contribution in [0.25, 0.3) is 11.1 Å². The number of esters is 1. The Balaban J connectivity index is 1.78. The minimum absolute atomic E-state index is 0.0467. The average molecular weight is 493 g/mol. The zero-order valence-electron chi connectivity index (χ0n) is 20.7. The number of aliphatic carboxylic acids is 1. The molecule has 0 saturated heterocycles. The van der Waals surface area contributed by atoms with Gasteiger partial charge in [0.1, 0.15) is 17.7 Å². The second-order valence-electron chi connectivity index (χ2n) is 9.64. The lowest BCUT2D eigenvalue weighted by Crippen LogP contribution is -2.45. The summed E-state index contributed by atoms with van der Waals surface area (Å²) in [5.41, 5.74) is 1.83. The number of rotatable bonds is 12. The van der Waals surface area contributed by atoms with Crippen LogP contribution in [0.1, 0.15) is 49.7 Å². The van der Waals surface area contributed by atoms with E-state index < -0.39 is 29.3 Å². The Bertz CT molecular complexity index is 1150. The first-order valence-corrected chi connectivity index (χ1v) is 11.9. The van der Waals surface area contributed by atoms with Crippen molar-refractivity contribution in [2.75, 3.05) is 6.61 Å². The summed E-state index contributed by atoms with van der Waals surface area (Å²) in [5.74, 6) is -1.90. The van der Waals surface area contributed by atoms with Gasteiger partial charge in [-0.05, 0) is 42.4 Å². The molecule has 0 unspecified atom stereocenters. The van der Waals surface area contributed by atoms with Crippen LogP contribution in [0.4, 0.5) is 0 Å². The number of carbonyl (C=O) groups excluding carboxylic acids is 2. The Morgan fingerprint density at radius 1 is 1.06 bits per heavy atom. The summed E-state index contributed by atoms with van der Waals surface area (Å²) in [5, 5.41) is 22.6. The van der Waals surface area contributed by atoms with Crippen LogP contribution in [0.15, 0.2) is 60.8 Å². The van der Waals surface area contributed by atoms with Crippen molar-refractivity contribution in [2.24, 2.45) is 11.3 Å². The monoisotopic (exact) mass is 492 g/mol. The highest BCUT2D eigenvalue weighted by Crippen LogP contribution is 2.27. The van der Waals surface area contributed by atoms with Gasteiger partial charge in [0.2, 0.25) is 0 Å². The van der Waals surface area contributed by atoms with Gasteiger partial charge < -0.3 is 15.2 Å². The number of aromatic amines is 1. The van der Waals surface area contributed by atoms with Crippen molar-refractivity contribution < 1.29 is 24.2 Å². The standard InChI is InChI=1S/C27H32N4O5/c1-18(2)13-24(32)36-17-27(3,26(34)35)15-22(29-25(33)23-16-28-31-30-23)14-19-9-11-21(12-10-19)20-7-5-4-6-8-20/h4-12,16,18,22H,13-15,17H2,1-3H3,(H,29,33)(H,34,35)(H,28,30,31)/t22-,27+/m1/s1. The van der Waals surface area contributed by atoms with Crippen LogP contribution in [-0.2, 0) is 20.7 Å². The summed E-state index contributed by atoms with van der Waals surface area (Å²) in [6.07, 6.45) is 1.93. The first-order chi connectivity index (χ1) is 17.2. The molecule has 0 saturated carbocycles. The summed E-state index contributed by atoms with van der Waals surface area (Å²) in [6, 6.07) is 17.3. The topological polar surface area (TPSA) is 134 Å². The molecule has 0 aliphatic heterocycles. The van der Waals surface area contributed by atoms with Gasteiger partial charge in [-0.15, -0.1) is 5.10 Å². The van der Waals surface area contributed by atoms with Crippen molar-refractivity contribution in [3.05, 3.63) is 72.1 Å². The van der Waals surface area contributed by atoms with Gasteiger partial charge in [0.05, 0.1) is 6.20 Å². The van der Waals surface area contributed by atoms with Crippen LogP contribution in [0, 0.1) is 11.3 Å². The zero-order valence-corrected chi connectivity index (χ0v) is 20.7. The van der Waals surface area contributed by atoms with Gasteiger partial charge in [-0.3, -0.25) is 19.5 Å². The van der Waals surface area contributed by atoms with Gasteiger partial charge in [0.25, 0.3) is 5.91 Å². The van der Waals surface area contributed by atoms with E-state index in [4.69, 9.17) is 4.74 Å². The molecule has 9 nitrogen and oxygen atoms in total. The minimum atomic E-state index is -1.40. The van der Waals surface area contributed by atoms with Crippen LogP contribution in [0.2, 0.25) is 0 Å². The van der Waals surface area contributed by atoms with Gasteiger partial charge in [-0.2, -0.15) is 0 Å². The number of nitrogens with one attached hydrogen (secondary N) is 2. The number of aromatic nitrogens is 3. The molecule has 3 aromatic rings. The highest BCUT2D eigenvalue weighted by molar-refractivity contribution is 5.92. The quantitative estimate of drug-likeness (QED) is 0.327. The Morgan fingerprint density at radius 2 is 1.72 bits per heavy atom. The van der Waals surface area contributed by atoms with E-state index in [1.54, 1.807) is 0 Å². The fourth-order valence-electron chi connectivity index (χ4n) is 3.88. The molecule has 2 aromatic carbocycles. The molecule has 0 fully saturated rings. The zero-order chi connectivity index (χ0) is 26.1. The smallest absolute Gasteiger partial charge is 0.312 e. The van der Waals surface area contributed by atoms with E-state index >= 15 is 0 Å². The summed E-state index contributed by atoms with van der Waals surface area (Å²) in [4.78, 5) is 37.0. The number of carboxylic acid groups (broad SMARTS) is 1. The highest BCUT2D eigenvalue weighted by atomic mass is 16.5. The highest BCUT2D eigenvalue weighted by Gasteiger charge is 2.38. The molecule has 1 heterocycles. The summed E-state index contributed by atoms with van der Waals surface area (Å²) < 4.78 is 5.31. The molecule has 3 N–H and O–H groups in total. The van der Waals surface area contributed by atoms with Gasteiger partial charge in [0.15, 0.2) is 0 Å². The lowest BCUT2D eigenvalue weighted by Gasteiger charge is -2.30. The Morgan fingerprint density at radius 3 is 2.31 bits per heavy atom. The van der Waals surface area contributed by atoms with Gasteiger partial charge >= 0.3 is 11.9 Å². The van der Waals surface area contributed by atoms with E-state index in [2.05, 4.69) is 20.7 Å². The predicted octanol–water partition coefficient (Wildman–Crippen LogP) is 3.88. The molecule has 3 rings (SSSR count). The van der Waals surface area contributed by atoms with Crippen molar-refractivity contribution in [2.45, 2.75) is 46.1 Å². The summed E-state index contributed by atoms with van der Waals surface area (Å²) in [6.45, 7) is 5.00. The average Bonchev–Trinajstić information content (AvgIpc) is 3.39. The van der Waals surface area contributed by atoms with Crippen LogP contribution in [0.5, 0.6) is 0 Å². The molecule has 9 heteroatoms. The molecule has 2 atom stereocenters. The third kappa shape index (κ3) is 7.49. The molecular weight excluding hydrogens is 460 g/mol. The maximum atomic E-state index is 12.7. The number of ether oxygens (including phenoxy) is 1. The Hall–Kier alpha value is -4.01. The molecule has 0 aliphatic rings. The number of benzene rings is 2. The second-order valence-corrected chi connectivity index (χ2v) is 9.64. The lowest BCUT2D eigenvalue weighted by atomic mass is 9.82. The maximum Gasteiger partial charge on any atom is 0.312 e. The van der Waals surface area contributed by atoms with E-state index in [9.17, 15) is 19.5 Å². The number of carboxylic acids is 1. The largest absolute Gasteiger partial charge is 0.481 e. The third-order valence-electron chi connectivity index (χ3n) is 5.88. The minimum Gasteiger partial charge on any atom is -0.481 e. The molecule has 190 valence electrons. The lowest BCUT2D eigenvalue weighted by molar-refractivity contribution is -0.159. The molecule has 1 aromatic heterocycles. The van der Waals surface area contributed by atoms with E-state index in [1.165, 1.54) is 13.1 Å². The van der Waals surface area contributed by atoms with Crippen molar-refractivity contribution >= 4 is 17.8 Å². The Labute approximate surface area is 210 Å². The van der Waals surface area contributed by atoms with Crippen LogP contribution >= 0.6 is 0 Å². The van der Waals surface area contributed by atoms with Crippen molar-refractivity contribution in [3.63, 3.8) is 0 Å². The molecular formula is C27H32N4O5.